The first-order chi connectivity index (χ1) is 14.8. The molecule has 31 heavy (non-hydrogen) atoms. The summed E-state index contributed by atoms with van der Waals surface area (Å²) in [5.41, 5.74) is 1.18. The number of nitrogens with zero attached hydrogens (tertiary/aromatic N) is 2. The first kappa shape index (κ1) is 23.0. The van der Waals surface area contributed by atoms with E-state index in [-0.39, 0.29) is 30.2 Å². The first-order valence-electron chi connectivity index (χ1n) is 9.25. The molecule has 1 heterocycles. The van der Waals surface area contributed by atoms with Gasteiger partial charge in [0.25, 0.3) is 5.56 Å². The van der Waals surface area contributed by atoms with Gasteiger partial charge in [-0.05, 0) is 36.4 Å². The van der Waals surface area contributed by atoms with Crippen molar-refractivity contribution >= 4 is 28.9 Å². The summed E-state index contributed by atoms with van der Waals surface area (Å²) in [6.45, 7) is 3.91. The largest absolute Gasteiger partial charge is 0.394 e. The molecule has 6 nitrogen and oxygen atoms in total. The average Bonchev–Trinajstić information content (AvgIpc) is 2.75. The number of methoxy groups -OCH3 is 1. The summed E-state index contributed by atoms with van der Waals surface area (Å²) in [6.07, 6.45) is 0. The van der Waals surface area contributed by atoms with Gasteiger partial charge >= 0.3 is 0 Å². The van der Waals surface area contributed by atoms with Gasteiger partial charge in [-0.2, -0.15) is 9.78 Å². The molecule has 162 valence electrons. The number of halogens is 3. The van der Waals surface area contributed by atoms with E-state index in [4.69, 9.17) is 27.9 Å². The van der Waals surface area contributed by atoms with Gasteiger partial charge in [-0.15, -0.1) is 0 Å². The Kier molecular flexibility index (Phi) is 7.46. The summed E-state index contributed by atoms with van der Waals surface area (Å²) >= 11 is 12.2. The molecule has 9 heteroatoms. The maximum Gasteiger partial charge on any atom is 0.280 e. The van der Waals surface area contributed by atoms with Crippen LogP contribution in [0.5, 0.6) is 0 Å². The van der Waals surface area contributed by atoms with Crippen molar-refractivity contribution in [2.24, 2.45) is 0 Å². The fourth-order valence-electron chi connectivity index (χ4n) is 2.96. The highest BCUT2D eigenvalue weighted by molar-refractivity contribution is 6.42. The molecule has 0 saturated carbocycles. The van der Waals surface area contributed by atoms with Crippen molar-refractivity contribution in [2.45, 2.75) is 6.04 Å². The van der Waals surface area contributed by atoms with Crippen LogP contribution in [0.2, 0.25) is 10.0 Å². The van der Waals surface area contributed by atoms with E-state index in [1.54, 1.807) is 30.3 Å². The van der Waals surface area contributed by atoms with Gasteiger partial charge in [0.2, 0.25) is 0 Å². The highest BCUT2D eigenvalue weighted by Crippen LogP contribution is 2.28. The maximum absolute atomic E-state index is 13.8. The Balaban J connectivity index is 2.17. The molecule has 2 aromatic carbocycles. The summed E-state index contributed by atoms with van der Waals surface area (Å²) < 4.78 is 20.0. The zero-order chi connectivity index (χ0) is 22.5. The molecule has 0 aliphatic rings. The molecule has 2 N–H and O–H groups in total. The first-order valence-corrected chi connectivity index (χ1v) is 10.0. The minimum Gasteiger partial charge on any atom is -0.394 e. The van der Waals surface area contributed by atoms with Crippen LogP contribution >= 0.6 is 23.2 Å². The predicted molar refractivity (Wildman–Crippen MR) is 120 cm³/mol. The van der Waals surface area contributed by atoms with Crippen LogP contribution in [0.3, 0.4) is 0 Å². The minimum atomic E-state index is -0.513. The lowest BCUT2D eigenvalue weighted by Gasteiger charge is -2.19. The molecule has 0 unspecified atom stereocenters. The normalized spacial score (nSPS) is 11.9. The molecule has 0 radical (unpaired) electrons. The number of hydrogen-bond donors (Lipinski definition) is 2. The maximum atomic E-state index is 13.8. The third-order valence-corrected chi connectivity index (χ3v) is 5.21. The number of aliphatic hydroxyl groups is 1. The molecule has 1 atom stereocenters. The van der Waals surface area contributed by atoms with Gasteiger partial charge in [0, 0.05) is 18.4 Å². The summed E-state index contributed by atoms with van der Waals surface area (Å²) in [4.78, 5) is 13.2. The topological polar surface area (TPSA) is 76.4 Å². The van der Waals surface area contributed by atoms with Crippen LogP contribution in [0.25, 0.3) is 22.6 Å². The van der Waals surface area contributed by atoms with Crippen molar-refractivity contribution in [3.05, 3.63) is 86.9 Å². The average molecular weight is 464 g/mol. The summed E-state index contributed by atoms with van der Waals surface area (Å²) in [6, 6.07) is 11.5. The van der Waals surface area contributed by atoms with E-state index < -0.39 is 17.4 Å². The van der Waals surface area contributed by atoms with Crippen molar-refractivity contribution in [3.63, 3.8) is 0 Å². The second kappa shape index (κ2) is 10.1. The van der Waals surface area contributed by atoms with E-state index in [1.807, 2.05) is 0 Å². The van der Waals surface area contributed by atoms with Gasteiger partial charge in [-0.1, -0.05) is 41.9 Å². The van der Waals surface area contributed by atoms with Crippen LogP contribution in [0.4, 0.5) is 4.39 Å². The second-order valence-corrected chi connectivity index (χ2v) is 7.54. The Morgan fingerprint density at radius 1 is 1.26 bits per heavy atom. The molecule has 1 aromatic heterocycles. The van der Waals surface area contributed by atoms with Crippen molar-refractivity contribution in [1.29, 1.82) is 0 Å². The molecule has 0 bridgehead atoms. The van der Waals surface area contributed by atoms with E-state index in [2.05, 4.69) is 17.0 Å². The fourth-order valence-corrected chi connectivity index (χ4v) is 3.25. The lowest BCUT2D eigenvalue weighted by molar-refractivity contribution is 0.136. The van der Waals surface area contributed by atoms with Crippen molar-refractivity contribution in [1.82, 2.24) is 15.1 Å². The number of hydrogen-bond acceptors (Lipinski definition) is 5. The Labute approximate surface area is 188 Å². The van der Waals surface area contributed by atoms with Crippen LogP contribution in [-0.4, -0.2) is 41.3 Å². The quantitative estimate of drug-likeness (QED) is 0.529. The van der Waals surface area contributed by atoms with Gasteiger partial charge < -0.3 is 15.2 Å². The summed E-state index contributed by atoms with van der Waals surface area (Å²) in [5.74, 6) is -0.509. The monoisotopic (exact) mass is 463 g/mol. The smallest absolute Gasteiger partial charge is 0.280 e. The number of nitrogens with one attached hydrogen (secondary N) is 1. The van der Waals surface area contributed by atoms with Gasteiger partial charge in [-0.25, -0.2) is 4.39 Å². The molecule has 0 aliphatic carbocycles. The SMILES string of the molecule is C=C(N[C@H](CO)COC)c1cc(-c2ccc(Cl)c(Cl)c2)nn(-c2cccc(F)c2)c1=O. The second-order valence-electron chi connectivity index (χ2n) is 6.73. The lowest BCUT2D eigenvalue weighted by Crippen LogP contribution is -2.37. The third-order valence-electron chi connectivity index (χ3n) is 4.47. The molecule has 0 saturated heterocycles. The van der Waals surface area contributed by atoms with Crippen LogP contribution < -0.4 is 10.9 Å². The van der Waals surface area contributed by atoms with Gasteiger partial charge in [0.1, 0.15) is 5.82 Å². The Morgan fingerprint density at radius 2 is 2.03 bits per heavy atom. The van der Waals surface area contributed by atoms with Crippen LogP contribution in [-0.2, 0) is 4.74 Å². The van der Waals surface area contributed by atoms with E-state index in [9.17, 15) is 14.3 Å². The molecule has 0 spiro atoms. The van der Waals surface area contributed by atoms with E-state index in [0.717, 1.165) is 4.68 Å². The van der Waals surface area contributed by atoms with E-state index in [1.165, 1.54) is 25.3 Å². The third kappa shape index (κ3) is 5.32. The van der Waals surface area contributed by atoms with Gasteiger partial charge in [0.15, 0.2) is 0 Å². The number of rotatable bonds is 8. The zero-order valence-corrected chi connectivity index (χ0v) is 18.1. The predicted octanol–water partition coefficient (Wildman–Crippen LogP) is 3.91. The van der Waals surface area contributed by atoms with Crippen molar-refractivity contribution < 1.29 is 14.2 Å². The van der Waals surface area contributed by atoms with Gasteiger partial charge in [-0.3, -0.25) is 4.79 Å². The summed E-state index contributed by atoms with van der Waals surface area (Å²) in [7, 11) is 1.50. The highest BCUT2D eigenvalue weighted by Gasteiger charge is 2.17. The van der Waals surface area contributed by atoms with Gasteiger partial charge in [0.05, 0.1) is 46.2 Å². The minimum absolute atomic E-state index is 0.190. The Hall–Kier alpha value is -2.71. The molecule has 0 amide bonds. The lowest BCUT2D eigenvalue weighted by atomic mass is 10.1. The highest BCUT2D eigenvalue weighted by atomic mass is 35.5. The molecule has 3 aromatic rings. The molecule has 0 fully saturated rings. The Morgan fingerprint density at radius 3 is 2.68 bits per heavy atom. The number of ether oxygens (including phenoxy) is 1. The van der Waals surface area contributed by atoms with Crippen molar-refractivity contribution in [3.8, 4) is 16.9 Å². The Bertz CT molecular complexity index is 1170. The van der Waals surface area contributed by atoms with Crippen LogP contribution in [0.15, 0.2) is 59.9 Å². The van der Waals surface area contributed by atoms with E-state index >= 15 is 0 Å². The fraction of sp³-hybridized carbons (Fsp3) is 0.182. The van der Waals surface area contributed by atoms with E-state index in [0.29, 0.717) is 21.3 Å². The number of aliphatic hydroxyl groups excluding tert-OH is 1. The standard InChI is InChI=1S/C22H20Cl2FN3O3/c1-13(26-16(11-29)12-31-2)18-10-21(14-6-7-19(23)20(24)8-14)27-28(22(18)30)17-5-3-4-15(25)9-17/h3-10,16,26,29H,1,11-12H2,2H3/t16-/m1/s1. The number of benzene rings is 2. The van der Waals surface area contributed by atoms with Crippen LogP contribution in [0, 0.1) is 5.82 Å². The summed E-state index contributed by atoms with van der Waals surface area (Å²) in [5, 5.41) is 17.6. The van der Waals surface area contributed by atoms with Crippen molar-refractivity contribution in [2.75, 3.05) is 20.3 Å². The molecular formula is C22H20Cl2FN3O3. The molecule has 0 aliphatic heterocycles. The zero-order valence-electron chi connectivity index (χ0n) is 16.6. The number of aromatic nitrogens is 2. The molecular weight excluding hydrogens is 444 g/mol. The molecule has 3 rings (SSSR count). The van der Waals surface area contributed by atoms with Crippen LogP contribution in [0.1, 0.15) is 5.56 Å².